The molecule has 2 aliphatic rings. The van der Waals surface area contributed by atoms with Crippen LogP contribution >= 0.6 is 0 Å². The van der Waals surface area contributed by atoms with Crippen LogP contribution in [0, 0.1) is 0 Å². The zero-order chi connectivity index (χ0) is 16.1. The van der Waals surface area contributed by atoms with E-state index in [4.69, 9.17) is 4.74 Å². The third kappa shape index (κ3) is 3.64. The predicted octanol–water partition coefficient (Wildman–Crippen LogP) is 5.38. The van der Waals surface area contributed by atoms with Crippen LogP contribution in [-0.2, 0) is 4.74 Å². The van der Waals surface area contributed by atoms with E-state index >= 15 is 0 Å². The van der Waals surface area contributed by atoms with Crippen LogP contribution in [0.2, 0.25) is 0 Å². The molecule has 0 saturated heterocycles. The van der Waals surface area contributed by atoms with Crippen molar-refractivity contribution in [1.29, 1.82) is 0 Å². The lowest BCUT2D eigenvalue weighted by Gasteiger charge is -2.36. The molecule has 0 amide bonds. The van der Waals surface area contributed by atoms with Crippen molar-refractivity contribution in [3.8, 4) is 0 Å². The maximum atomic E-state index is 13.2. The number of ether oxygens (including phenoxy) is 1. The largest absolute Gasteiger partial charge is 0.479 e. The first-order valence-corrected chi connectivity index (χ1v) is 8.53. The molecule has 1 saturated carbocycles. The van der Waals surface area contributed by atoms with Crippen molar-refractivity contribution in [1.82, 2.24) is 0 Å². The average molecular weight is 308 g/mol. The Hall–Kier alpha value is -2.09. The third-order valence-electron chi connectivity index (χ3n) is 4.69. The summed E-state index contributed by atoms with van der Waals surface area (Å²) in [5, 5.41) is 0. The fraction of sp³-hybridized carbons (Fsp3) is 0.381. The van der Waals surface area contributed by atoms with E-state index < -0.39 is 5.60 Å². The van der Waals surface area contributed by atoms with Crippen LogP contribution in [0.4, 0.5) is 0 Å². The zero-order valence-electron chi connectivity index (χ0n) is 13.8. The molecular weight excluding hydrogens is 284 g/mol. The zero-order valence-corrected chi connectivity index (χ0v) is 13.8. The summed E-state index contributed by atoms with van der Waals surface area (Å²) >= 11 is 0. The van der Waals surface area contributed by atoms with Crippen molar-refractivity contribution in [3.63, 3.8) is 0 Å². The minimum absolute atomic E-state index is 0.126. The standard InChI is InChI=1S/C21H24O2/c1-17-9-8-12-19(14-13-17)23-21(15-6-3-7-16-21)20(22)18-10-4-2-5-11-18/h2,4-5,9-14H,3,6-8,15-16H2,1H3. The van der Waals surface area contributed by atoms with E-state index in [2.05, 4.69) is 25.2 Å². The lowest BCUT2D eigenvalue weighted by molar-refractivity contribution is -0.00759. The second kappa shape index (κ2) is 6.99. The monoisotopic (exact) mass is 308 g/mol. The first-order valence-electron chi connectivity index (χ1n) is 8.53. The highest BCUT2D eigenvalue weighted by Crippen LogP contribution is 2.37. The van der Waals surface area contributed by atoms with Crippen molar-refractivity contribution in [2.45, 2.75) is 51.0 Å². The Kier molecular flexibility index (Phi) is 4.80. The number of hydrogen-bond acceptors (Lipinski definition) is 2. The van der Waals surface area contributed by atoms with E-state index in [1.807, 2.05) is 36.4 Å². The van der Waals surface area contributed by atoms with Crippen molar-refractivity contribution in [2.75, 3.05) is 0 Å². The Morgan fingerprint density at radius 3 is 2.48 bits per heavy atom. The average Bonchev–Trinajstić information content (AvgIpc) is 2.80. The quantitative estimate of drug-likeness (QED) is 0.698. The van der Waals surface area contributed by atoms with Gasteiger partial charge in [-0.2, -0.15) is 0 Å². The van der Waals surface area contributed by atoms with Crippen LogP contribution in [0.1, 0.15) is 55.8 Å². The molecule has 1 fully saturated rings. The summed E-state index contributed by atoms with van der Waals surface area (Å²) < 4.78 is 6.36. The van der Waals surface area contributed by atoms with Crippen molar-refractivity contribution in [2.24, 2.45) is 0 Å². The Bertz CT molecular complexity index is 644. The summed E-state index contributed by atoms with van der Waals surface area (Å²) in [6, 6.07) is 9.57. The summed E-state index contributed by atoms with van der Waals surface area (Å²) in [7, 11) is 0. The first-order chi connectivity index (χ1) is 11.2. The minimum atomic E-state index is -0.700. The van der Waals surface area contributed by atoms with E-state index in [1.165, 1.54) is 12.0 Å². The van der Waals surface area contributed by atoms with Crippen LogP contribution in [-0.4, -0.2) is 11.4 Å². The summed E-state index contributed by atoms with van der Waals surface area (Å²) in [5.74, 6) is 0.949. The molecule has 120 valence electrons. The van der Waals surface area contributed by atoms with Crippen LogP contribution in [0.15, 0.2) is 66.0 Å². The molecule has 0 bridgehead atoms. The van der Waals surface area contributed by atoms with E-state index in [0.29, 0.717) is 0 Å². The number of rotatable bonds is 4. The van der Waals surface area contributed by atoms with Crippen LogP contribution in [0.25, 0.3) is 0 Å². The highest BCUT2D eigenvalue weighted by Gasteiger charge is 2.42. The maximum absolute atomic E-state index is 13.2. The SMILES string of the molecule is CC1=CCC=C(OC2(C(=O)c3ccccc3)CCCCC2)C=C1. The summed E-state index contributed by atoms with van der Waals surface area (Å²) in [4.78, 5) is 13.2. The molecular formula is C21H24O2. The Morgan fingerprint density at radius 1 is 1.00 bits per heavy atom. The molecule has 0 aromatic heterocycles. The van der Waals surface area contributed by atoms with Gasteiger partial charge in [-0.05, 0) is 51.2 Å². The van der Waals surface area contributed by atoms with Crippen LogP contribution in [0.5, 0.6) is 0 Å². The van der Waals surface area contributed by atoms with Gasteiger partial charge >= 0.3 is 0 Å². The second-order valence-electron chi connectivity index (χ2n) is 6.48. The second-order valence-corrected chi connectivity index (χ2v) is 6.48. The minimum Gasteiger partial charge on any atom is -0.479 e. The molecule has 2 aliphatic carbocycles. The van der Waals surface area contributed by atoms with E-state index in [9.17, 15) is 4.79 Å². The molecule has 3 rings (SSSR count). The van der Waals surface area contributed by atoms with Gasteiger partial charge in [0.1, 0.15) is 5.76 Å². The van der Waals surface area contributed by atoms with Gasteiger partial charge in [-0.25, -0.2) is 0 Å². The molecule has 0 N–H and O–H groups in total. The van der Waals surface area contributed by atoms with Crippen molar-refractivity contribution >= 4 is 5.78 Å². The highest BCUT2D eigenvalue weighted by atomic mass is 16.5. The number of allylic oxidation sites excluding steroid dienone is 5. The Morgan fingerprint density at radius 2 is 1.74 bits per heavy atom. The number of Topliss-reactive ketones (excluding diaryl/α,β-unsaturated/α-hetero) is 1. The number of carbonyl (C=O) groups is 1. The third-order valence-corrected chi connectivity index (χ3v) is 4.69. The topological polar surface area (TPSA) is 26.3 Å². The van der Waals surface area contributed by atoms with Crippen molar-refractivity contribution in [3.05, 3.63) is 71.5 Å². The normalized spacial score (nSPS) is 20.2. The molecule has 0 radical (unpaired) electrons. The molecule has 2 nitrogen and oxygen atoms in total. The molecule has 2 heteroatoms. The van der Waals surface area contributed by atoms with Crippen LogP contribution < -0.4 is 0 Å². The predicted molar refractivity (Wildman–Crippen MR) is 93.3 cm³/mol. The Labute approximate surface area is 138 Å². The van der Waals surface area contributed by atoms with E-state index in [-0.39, 0.29) is 5.78 Å². The molecule has 0 heterocycles. The van der Waals surface area contributed by atoms with Gasteiger partial charge < -0.3 is 4.74 Å². The van der Waals surface area contributed by atoms with E-state index in [1.54, 1.807) is 0 Å². The van der Waals surface area contributed by atoms with Gasteiger partial charge in [0.15, 0.2) is 5.60 Å². The fourth-order valence-electron chi connectivity index (χ4n) is 3.36. The summed E-state index contributed by atoms with van der Waals surface area (Å²) in [6.07, 6.45) is 14.0. The molecule has 0 atom stereocenters. The van der Waals surface area contributed by atoms with Gasteiger partial charge in [-0.15, -0.1) is 0 Å². The molecule has 1 aromatic rings. The molecule has 23 heavy (non-hydrogen) atoms. The number of hydrogen-bond donors (Lipinski definition) is 0. The van der Waals surface area contributed by atoms with Crippen LogP contribution in [0.3, 0.4) is 0 Å². The molecule has 0 aliphatic heterocycles. The molecule has 1 aromatic carbocycles. The first kappa shape index (κ1) is 15.8. The van der Waals surface area contributed by atoms with Crippen molar-refractivity contribution < 1.29 is 9.53 Å². The Balaban J connectivity index is 1.87. The summed E-state index contributed by atoms with van der Waals surface area (Å²) in [6.45, 7) is 2.08. The lowest BCUT2D eigenvalue weighted by Crippen LogP contribution is -2.43. The number of benzene rings is 1. The lowest BCUT2D eigenvalue weighted by atomic mass is 9.79. The maximum Gasteiger partial charge on any atom is 0.206 e. The van der Waals surface area contributed by atoms with Gasteiger partial charge in [0, 0.05) is 5.56 Å². The smallest absolute Gasteiger partial charge is 0.206 e. The van der Waals surface area contributed by atoms with Gasteiger partial charge in [0.25, 0.3) is 0 Å². The summed E-state index contributed by atoms with van der Waals surface area (Å²) in [5.41, 5.74) is 1.28. The van der Waals surface area contributed by atoms with Gasteiger partial charge in [0.05, 0.1) is 0 Å². The number of carbonyl (C=O) groups excluding carboxylic acids is 1. The van der Waals surface area contributed by atoms with Gasteiger partial charge in [-0.3, -0.25) is 4.79 Å². The highest BCUT2D eigenvalue weighted by molar-refractivity contribution is 6.02. The number of ketones is 1. The van der Waals surface area contributed by atoms with E-state index in [0.717, 1.165) is 43.4 Å². The fourth-order valence-corrected chi connectivity index (χ4v) is 3.36. The molecule has 0 spiro atoms. The molecule has 0 unspecified atom stereocenters. The van der Waals surface area contributed by atoms with Gasteiger partial charge in [0.2, 0.25) is 5.78 Å². The van der Waals surface area contributed by atoms with Gasteiger partial charge in [-0.1, -0.05) is 54.5 Å².